The number of hydrogen-bond donors (Lipinski definition) is 2. The number of aryl methyl sites for hydroxylation is 1. The van der Waals surface area contributed by atoms with Crippen molar-refractivity contribution in [2.24, 2.45) is 7.05 Å². The van der Waals surface area contributed by atoms with E-state index in [1.165, 1.54) is 5.56 Å². The summed E-state index contributed by atoms with van der Waals surface area (Å²) in [6.07, 6.45) is 1.56. The SMILES string of the molecule is Cc1c(C(C)NCC(C)O)cnn1C. The molecule has 2 unspecified atom stereocenters. The van der Waals surface area contributed by atoms with E-state index >= 15 is 0 Å². The minimum Gasteiger partial charge on any atom is -0.392 e. The predicted molar refractivity (Wildman–Crippen MR) is 56.0 cm³/mol. The Morgan fingerprint density at radius 2 is 2.21 bits per heavy atom. The fourth-order valence-electron chi connectivity index (χ4n) is 1.40. The normalized spacial score (nSPS) is 15.5. The molecule has 0 amide bonds. The van der Waals surface area contributed by atoms with Gasteiger partial charge in [0.05, 0.1) is 12.3 Å². The Kier molecular flexibility index (Phi) is 3.66. The van der Waals surface area contributed by atoms with Crippen LogP contribution in [0.25, 0.3) is 0 Å². The fourth-order valence-corrected chi connectivity index (χ4v) is 1.40. The van der Waals surface area contributed by atoms with Gasteiger partial charge in [-0.25, -0.2) is 0 Å². The van der Waals surface area contributed by atoms with Gasteiger partial charge in [-0.2, -0.15) is 5.10 Å². The Hall–Kier alpha value is -0.870. The second kappa shape index (κ2) is 4.57. The maximum Gasteiger partial charge on any atom is 0.0636 e. The highest BCUT2D eigenvalue weighted by Gasteiger charge is 2.11. The molecule has 1 rings (SSSR count). The van der Waals surface area contributed by atoms with Gasteiger partial charge < -0.3 is 10.4 Å². The van der Waals surface area contributed by atoms with Crippen LogP contribution in [0.1, 0.15) is 31.1 Å². The summed E-state index contributed by atoms with van der Waals surface area (Å²) < 4.78 is 1.86. The first-order chi connectivity index (χ1) is 6.52. The molecule has 0 aliphatic heterocycles. The zero-order valence-corrected chi connectivity index (χ0v) is 9.28. The van der Waals surface area contributed by atoms with Crippen molar-refractivity contribution < 1.29 is 5.11 Å². The average Bonchev–Trinajstić information content (AvgIpc) is 2.44. The number of nitrogens with one attached hydrogen (secondary N) is 1. The van der Waals surface area contributed by atoms with Gasteiger partial charge in [0.15, 0.2) is 0 Å². The molecule has 1 heterocycles. The highest BCUT2D eigenvalue weighted by atomic mass is 16.3. The molecule has 0 aliphatic carbocycles. The number of hydrogen-bond acceptors (Lipinski definition) is 3. The summed E-state index contributed by atoms with van der Waals surface area (Å²) in [6, 6.07) is 0.235. The number of aliphatic hydroxyl groups is 1. The van der Waals surface area contributed by atoms with Crippen LogP contribution in [-0.2, 0) is 7.05 Å². The van der Waals surface area contributed by atoms with Gasteiger partial charge in [0.25, 0.3) is 0 Å². The summed E-state index contributed by atoms with van der Waals surface area (Å²) in [5.41, 5.74) is 2.35. The third kappa shape index (κ3) is 2.56. The molecule has 2 atom stereocenters. The molecule has 0 aliphatic rings. The van der Waals surface area contributed by atoms with Crippen molar-refractivity contribution in [3.63, 3.8) is 0 Å². The summed E-state index contributed by atoms with van der Waals surface area (Å²) in [5, 5.41) is 16.6. The van der Waals surface area contributed by atoms with E-state index in [1.54, 1.807) is 6.92 Å². The van der Waals surface area contributed by atoms with Gasteiger partial charge >= 0.3 is 0 Å². The van der Waals surface area contributed by atoms with Crippen LogP contribution in [0.5, 0.6) is 0 Å². The molecular weight excluding hydrogens is 178 g/mol. The summed E-state index contributed by atoms with van der Waals surface area (Å²) in [4.78, 5) is 0. The maximum atomic E-state index is 9.14. The summed E-state index contributed by atoms with van der Waals surface area (Å²) >= 11 is 0. The Morgan fingerprint density at radius 1 is 1.57 bits per heavy atom. The van der Waals surface area contributed by atoms with Gasteiger partial charge in [0.1, 0.15) is 0 Å². The molecule has 0 bridgehead atoms. The van der Waals surface area contributed by atoms with Crippen molar-refractivity contribution >= 4 is 0 Å². The molecule has 14 heavy (non-hydrogen) atoms. The molecule has 1 aromatic rings. The van der Waals surface area contributed by atoms with Crippen LogP contribution >= 0.6 is 0 Å². The molecular formula is C10H19N3O. The predicted octanol–water partition coefficient (Wildman–Crippen LogP) is 0.760. The second-order valence-corrected chi connectivity index (χ2v) is 3.79. The monoisotopic (exact) mass is 197 g/mol. The van der Waals surface area contributed by atoms with Crippen LogP contribution in [0.4, 0.5) is 0 Å². The molecule has 1 aromatic heterocycles. The lowest BCUT2D eigenvalue weighted by Gasteiger charge is -2.14. The van der Waals surface area contributed by atoms with Crippen molar-refractivity contribution in [1.29, 1.82) is 0 Å². The van der Waals surface area contributed by atoms with Gasteiger partial charge in [-0.15, -0.1) is 0 Å². The number of aliphatic hydroxyl groups excluding tert-OH is 1. The zero-order chi connectivity index (χ0) is 10.7. The molecule has 0 spiro atoms. The fraction of sp³-hybridized carbons (Fsp3) is 0.700. The smallest absolute Gasteiger partial charge is 0.0636 e. The van der Waals surface area contributed by atoms with E-state index in [9.17, 15) is 0 Å². The van der Waals surface area contributed by atoms with Gasteiger partial charge in [0, 0.05) is 30.9 Å². The minimum absolute atomic E-state index is 0.235. The van der Waals surface area contributed by atoms with Crippen LogP contribution < -0.4 is 5.32 Å². The van der Waals surface area contributed by atoms with E-state index in [-0.39, 0.29) is 12.1 Å². The summed E-state index contributed by atoms with van der Waals surface area (Å²) in [7, 11) is 1.93. The van der Waals surface area contributed by atoms with Crippen molar-refractivity contribution in [2.45, 2.75) is 32.9 Å². The van der Waals surface area contributed by atoms with Crippen molar-refractivity contribution in [1.82, 2.24) is 15.1 Å². The average molecular weight is 197 g/mol. The van der Waals surface area contributed by atoms with Crippen LogP contribution in [-0.4, -0.2) is 27.5 Å². The zero-order valence-electron chi connectivity index (χ0n) is 9.28. The first-order valence-electron chi connectivity index (χ1n) is 4.92. The highest BCUT2D eigenvalue weighted by molar-refractivity contribution is 5.19. The Morgan fingerprint density at radius 3 is 2.64 bits per heavy atom. The Labute approximate surface area is 84.9 Å². The third-order valence-electron chi connectivity index (χ3n) is 2.46. The Bertz CT molecular complexity index is 294. The van der Waals surface area contributed by atoms with E-state index in [2.05, 4.69) is 17.3 Å². The second-order valence-electron chi connectivity index (χ2n) is 3.79. The number of aromatic nitrogens is 2. The lowest BCUT2D eigenvalue weighted by Crippen LogP contribution is -2.27. The molecule has 0 aromatic carbocycles. The summed E-state index contributed by atoms with van der Waals surface area (Å²) in [6.45, 7) is 6.50. The van der Waals surface area contributed by atoms with E-state index < -0.39 is 0 Å². The van der Waals surface area contributed by atoms with E-state index in [1.807, 2.05) is 24.9 Å². The Balaban J connectivity index is 2.60. The summed E-state index contributed by atoms with van der Waals surface area (Å²) in [5.74, 6) is 0. The molecule has 80 valence electrons. The molecule has 2 N–H and O–H groups in total. The number of rotatable bonds is 4. The lowest BCUT2D eigenvalue weighted by atomic mass is 10.1. The number of nitrogens with zero attached hydrogens (tertiary/aromatic N) is 2. The first-order valence-corrected chi connectivity index (χ1v) is 4.92. The quantitative estimate of drug-likeness (QED) is 0.749. The third-order valence-corrected chi connectivity index (χ3v) is 2.46. The van der Waals surface area contributed by atoms with Crippen LogP contribution in [0.2, 0.25) is 0 Å². The van der Waals surface area contributed by atoms with Gasteiger partial charge in [0.2, 0.25) is 0 Å². The molecule has 0 radical (unpaired) electrons. The van der Waals surface area contributed by atoms with Crippen molar-refractivity contribution in [3.05, 3.63) is 17.5 Å². The first kappa shape index (κ1) is 11.2. The van der Waals surface area contributed by atoms with Gasteiger partial charge in [-0.1, -0.05) is 0 Å². The molecule has 0 saturated carbocycles. The standard InChI is InChI=1S/C10H19N3O/c1-7(14)5-11-8(2)10-6-12-13(4)9(10)3/h6-8,11,14H,5H2,1-4H3. The van der Waals surface area contributed by atoms with Gasteiger partial charge in [-0.3, -0.25) is 4.68 Å². The molecule has 4 heteroatoms. The lowest BCUT2D eigenvalue weighted by molar-refractivity contribution is 0.187. The van der Waals surface area contributed by atoms with E-state index in [0.717, 1.165) is 5.69 Å². The molecule has 0 fully saturated rings. The largest absolute Gasteiger partial charge is 0.392 e. The van der Waals surface area contributed by atoms with Crippen LogP contribution in [0.15, 0.2) is 6.20 Å². The van der Waals surface area contributed by atoms with E-state index in [0.29, 0.717) is 6.54 Å². The van der Waals surface area contributed by atoms with Crippen LogP contribution in [0, 0.1) is 6.92 Å². The minimum atomic E-state index is -0.311. The molecule has 4 nitrogen and oxygen atoms in total. The maximum absolute atomic E-state index is 9.14. The van der Waals surface area contributed by atoms with Crippen molar-refractivity contribution in [2.75, 3.05) is 6.54 Å². The van der Waals surface area contributed by atoms with E-state index in [4.69, 9.17) is 5.11 Å². The van der Waals surface area contributed by atoms with Crippen molar-refractivity contribution in [3.8, 4) is 0 Å². The molecule has 0 saturated heterocycles. The highest BCUT2D eigenvalue weighted by Crippen LogP contribution is 2.15. The topological polar surface area (TPSA) is 50.1 Å². The van der Waals surface area contributed by atoms with Crippen LogP contribution in [0.3, 0.4) is 0 Å². The van der Waals surface area contributed by atoms with Gasteiger partial charge in [-0.05, 0) is 20.8 Å².